The molecular formula is C24H23N3O5. The fourth-order valence-electron chi connectivity index (χ4n) is 3.77. The van der Waals surface area contributed by atoms with Crippen LogP contribution in [0.5, 0.6) is 0 Å². The monoisotopic (exact) mass is 433 g/mol. The van der Waals surface area contributed by atoms with E-state index in [2.05, 4.69) is 10.6 Å². The largest absolute Gasteiger partial charge is 0.458 e. The van der Waals surface area contributed by atoms with Crippen LogP contribution in [-0.4, -0.2) is 41.1 Å². The number of fused-ring (bicyclic) bond motifs is 1. The van der Waals surface area contributed by atoms with Gasteiger partial charge in [-0.05, 0) is 38.0 Å². The van der Waals surface area contributed by atoms with Crippen molar-refractivity contribution in [1.82, 2.24) is 15.5 Å². The first-order valence-corrected chi connectivity index (χ1v) is 10.2. The van der Waals surface area contributed by atoms with Gasteiger partial charge in [0.1, 0.15) is 17.9 Å². The smallest absolute Gasteiger partial charge is 0.325 e. The molecule has 0 saturated carbocycles. The Hall–Kier alpha value is -3.94. The SMILES string of the molecule is CC(=O)[C@H](Cc1ccccc1)NC(=O)CN1C(=O)N[C@](C)(c2cc3ccccc3o2)C1=O. The zero-order valence-corrected chi connectivity index (χ0v) is 17.8. The summed E-state index contributed by atoms with van der Waals surface area (Å²) in [4.78, 5) is 51.1. The van der Waals surface area contributed by atoms with Gasteiger partial charge in [0.25, 0.3) is 5.91 Å². The van der Waals surface area contributed by atoms with Crippen molar-refractivity contribution in [2.45, 2.75) is 31.8 Å². The van der Waals surface area contributed by atoms with Gasteiger partial charge < -0.3 is 15.1 Å². The molecule has 1 saturated heterocycles. The predicted molar refractivity (Wildman–Crippen MR) is 117 cm³/mol. The highest BCUT2D eigenvalue weighted by atomic mass is 16.3. The summed E-state index contributed by atoms with van der Waals surface area (Å²) >= 11 is 0. The number of para-hydroxylation sites is 1. The number of Topliss-reactive ketones (excluding diaryl/α,β-unsaturated/α-hetero) is 1. The number of carbonyl (C=O) groups excluding carboxylic acids is 4. The fraction of sp³-hybridized carbons (Fsp3) is 0.250. The number of nitrogens with one attached hydrogen (secondary N) is 2. The molecule has 4 amide bonds. The molecule has 0 aliphatic carbocycles. The average molecular weight is 433 g/mol. The minimum Gasteiger partial charge on any atom is -0.458 e. The molecule has 1 aromatic heterocycles. The zero-order valence-electron chi connectivity index (χ0n) is 17.8. The molecule has 0 spiro atoms. The number of ketones is 1. The van der Waals surface area contributed by atoms with Crippen LogP contribution in [0.15, 0.2) is 65.1 Å². The first kappa shape index (κ1) is 21.3. The second kappa shape index (κ2) is 8.30. The lowest BCUT2D eigenvalue weighted by molar-refractivity contribution is -0.135. The van der Waals surface area contributed by atoms with Gasteiger partial charge in [-0.1, -0.05) is 48.5 Å². The minimum absolute atomic E-state index is 0.216. The van der Waals surface area contributed by atoms with Crippen molar-refractivity contribution in [3.63, 3.8) is 0 Å². The second-order valence-electron chi connectivity index (χ2n) is 8.02. The maximum Gasteiger partial charge on any atom is 0.325 e. The van der Waals surface area contributed by atoms with Crippen molar-refractivity contribution in [2.24, 2.45) is 0 Å². The molecule has 1 aliphatic rings. The van der Waals surface area contributed by atoms with Crippen LogP contribution in [0.1, 0.15) is 25.2 Å². The number of carbonyl (C=O) groups is 4. The number of hydrogen-bond donors (Lipinski definition) is 2. The Morgan fingerprint density at radius 1 is 1.09 bits per heavy atom. The van der Waals surface area contributed by atoms with Gasteiger partial charge in [0.2, 0.25) is 5.91 Å². The highest BCUT2D eigenvalue weighted by molar-refractivity contribution is 6.09. The zero-order chi connectivity index (χ0) is 22.9. The van der Waals surface area contributed by atoms with Crippen molar-refractivity contribution >= 4 is 34.6 Å². The van der Waals surface area contributed by atoms with Crippen LogP contribution in [-0.2, 0) is 26.3 Å². The molecule has 8 heteroatoms. The van der Waals surface area contributed by atoms with Crippen molar-refractivity contribution in [2.75, 3.05) is 6.54 Å². The van der Waals surface area contributed by atoms with E-state index in [0.29, 0.717) is 12.0 Å². The van der Waals surface area contributed by atoms with Crippen molar-refractivity contribution in [1.29, 1.82) is 0 Å². The summed E-state index contributed by atoms with van der Waals surface area (Å²) < 4.78 is 5.78. The molecule has 0 bridgehead atoms. The van der Waals surface area contributed by atoms with E-state index in [-0.39, 0.29) is 11.5 Å². The van der Waals surface area contributed by atoms with Gasteiger partial charge in [-0.2, -0.15) is 0 Å². The molecule has 1 fully saturated rings. The molecule has 2 aromatic carbocycles. The Bertz CT molecular complexity index is 1170. The van der Waals surface area contributed by atoms with E-state index in [4.69, 9.17) is 4.42 Å². The highest BCUT2D eigenvalue weighted by Gasteiger charge is 2.51. The average Bonchev–Trinajstić information content (AvgIpc) is 3.30. The van der Waals surface area contributed by atoms with E-state index in [1.165, 1.54) is 13.8 Å². The fourth-order valence-corrected chi connectivity index (χ4v) is 3.77. The molecular weight excluding hydrogens is 410 g/mol. The maximum absolute atomic E-state index is 13.1. The van der Waals surface area contributed by atoms with Gasteiger partial charge in [-0.15, -0.1) is 0 Å². The second-order valence-corrected chi connectivity index (χ2v) is 8.02. The van der Waals surface area contributed by atoms with Gasteiger partial charge in [-0.3, -0.25) is 19.3 Å². The van der Waals surface area contributed by atoms with Crippen molar-refractivity contribution < 1.29 is 23.6 Å². The van der Waals surface area contributed by atoms with Crippen LogP contribution in [0.25, 0.3) is 11.0 Å². The van der Waals surface area contributed by atoms with Crippen LogP contribution in [0.3, 0.4) is 0 Å². The Kier molecular flexibility index (Phi) is 5.52. The molecule has 3 aromatic rings. The minimum atomic E-state index is -1.43. The number of imide groups is 1. The predicted octanol–water partition coefficient (Wildman–Crippen LogP) is 2.52. The van der Waals surface area contributed by atoms with E-state index in [0.717, 1.165) is 15.8 Å². The van der Waals surface area contributed by atoms with E-state index in [9.17, 15) is 19.2 Å². The third-order valence-corrected chi connectivity index (χ3v) is 5.60. The molecule has 2 N–H and O–H groups in total. The molecule has 32 heavy (non-hydrogen) atoms. The topological polar surface area (TPSA) is 109 Å². The van der Waals surface area contributed by atoms with Gasteiger partial charge in [0.15, 0.2) is 11.3 Å². The van der Waals surface area contributed by atoms with E-state index < -0.39 is 36.0 Å². The first-order valence-electron chi connectivity index (χ1n) is 10.2. The van der Waals surface area contributed by atoms with E-state index >= 15 is 0 Å². The Morgan fingerprint density at radius 3 is 2.47 bits per heavy atom. The Morgan fingerprint density at radius 2 is 1.78 bits per heavy atom. The van der Waals surface area contributed by atoms with Gasteiger partial charge in [-0.25, -0.2) is 4.79 Å². The molecule has 0 unspecified atom stereocenters. The summed E-state index contributed by atoms with van der Waals surface area (Å²) in [5.74, 6) is -1.13. The summed E-state index contributed by atoms with van der Waals surface area (Å²) in [6.07, 6.45) is 0.318. The Balaban J connectivity index is 1.47. The van der Waals surface area contributed by atoms with Crippen LogP contribution in [0, 0.1) is 0 Å². The maximum atomic E-state index is 13.1. The number of rotatable bonds is 7. The number of benzene rings is 2. The molecule has 2 atom stereocenters. The van der Waals surface area contributed by atoms with Gasteiger partial charge in [0, 0.05) is 5.39 Å². The molecule has 1 aliphatic heterocycles. The third-order valence-electron chi connectivity index (χ3n) is 5.60. The Labute approximate surface area is 184 Å². The quantitative estimate of drug-likeness (QED) is 0.557. The lowest BCUT2D eigenvalue weighted by Crippen LogP contribution is -2.48. The normalized spacial score (nSPS) is 19.1. The highest BCUT2D eigenvalue weighted by Crippen LogP contribution is 2.32. The molecule has 8 nitrogen and oxygen atoms in total. The number of nitrogens with zero attached hydrogens (tertiary/aromatic N) is 1. The number of amides is 4. The summed E-state index contributed by atoms with van der Waals surface area (Å²) in [5, 5.41) is 6.06. The first-order chi connectivity index (χ1) is 15.3. The van der Waals surface area contributed by atoms with Gasteiger partial charge >= 0.3 is 6.03 Å². The number of furan rings is 1. The van der Waals surface area contributed by atoms with Gasteiger partial charge in [0.05, 0.1) is 6.04 Å². The van der Waals surface area contributed by atoms with E-state index in [1.54, 1.807) is 12.1 Å². The van der Waals surface area contributed by atoms with Crippen LogP contribution in [0.2, 0.25) is 0 Å². The summed E-state index contributed by atoms with van der Waals surface area (Å²) in [6.45, 7) is 2.43. The number of hydrogen-bond acceptors (Lipinski definition) is 5. The van der Waals surface area contributed by atoms with Crippen LogP contribution >= 0.6 is 0 Å². The third kappa shape index (κ3) is 3.99. The lowest BCUT2D eigenvalue weighted by Gasteiger charge is -2.20. The molecule has 2 heterocycles. The van der Waals surface area contributed by atoms with Crippen molar-refractivity contribution in [3.05, 3.63) is 72.0 Å². The molecule has 164 valence electrons. The molecule has 4 rings (SSSR count). The van der Waals surface area contributed by atoms with Crippen LogP contribution < -0.4 is 10.6 Å². The van der Waals surface area contributed by atoms with Crippen molar-refractivity contribution in [3.8, 4) is 0 Å². The standard InChI is InChI=1S/C24H23N3O5/c1-15(28)18(12-16-8-4-3-5-9-16)25-21(29)14-27-22(30)24(2,26-23(27)31)20-13-17-10-6-7-11-19(17)32-20/h3-11,13,18H,12,14H2,1-2H3,(H,25,29)(H,26,31)/t18-,24+/m0/s1. The molecule has 0 radical (unpaired) electrons. The van der Waals surface area contributed by atoms with E-state index in [1.807, 2.05) is 48.5 Å². The number of urea groups is 1. The van der Waals surface area contributed by atoms with Crippen LogP contribution in [0.4, 0.5) is 4.79 Å². The summed E-state index contributed by atoms with van der Waals surface area (Å²) in [6, 6.07) is 16.8. The lowest BCUT2D eigenvalue weighted by atomic mass is 9.99. The summed E-state index contributed by atoms with van der Waals surface area (Å²) in [7, 11) is 0. The summed E-state index contributed by atoms with van der Waals surface area (Å²) in [5.41, 5.74) is 0.0491.